The maximum absolute atomic E-state index is 13.6. The second-order valence-corrected chi connectivity index (χ2v) is 4.86. The van der Waals surface area contributed by atoms with Gasteiger partial charge in [0.05, 0.1) is 11.6 Å². The molecule has 0 saturated carbocycles. The third kappa shape index (κ3) is 2.13. The van der Waals surface area contributed by atoms with Gasteiger partial charge in [-0.25, -0.2) is 18.7 Å². The highest BCUT2D eigenvalue weighted by Crippen LogP contribution is 2.24. The van der Waals surface area contributed by atoms with E-state index in [-0.39, 0.29) is 11.0 Å². The molecule has 0 aromatic carbocycles. The van der Waals surface area contributed by atoms with E-state index in [0.29, 0.717) is 0 Å². The molecule has 0 fully saturated rings. The van der Waals surface area contributed by atoms with E-state index in [4.69, 9.17) is 4.74 Å². The quantitative estimate of drug-likeness (QED) is 0.782. The van der Waals surface area contributed by atoms with Gasteiger partial charge < -0.3 is 9.84 Å². The summed E-state index contributed by atoms with van der Waals surface area (Å²) in [6.45, 7) is 5.20. The second-order valence-electron chi connectivity index (χ2n) is 4.86. The number of aromatic hydroxyl groups is 1. The fourth-order valence-corrected chi connectivity index (χ4v) is 1.50. The number of rotatable bonds is 0. The normalized spacial score (nSPS) is 11.8. The summed E-state index contributed by atoms with van der Waals surface area (Å²) < 4.78 is 19.8. The lowest BCUT2D eigenvalue weighted by atomic mass is 10.2. The minimum atomic E-state index is -0.803. The summed E-state index contributed by atoms with van der Waals surface area (Å²) in [5.74, 6) is -1.35. The molecule has 5 nitrogen and oxygen atoms in total. The van der Waals surface area contributed by atoms with Crippen molar-refractivity contribution < 1.29 is 19.0 Å². The van der Waals surface area contributed by atoms with E-state index in [0.717, 1.165) is 10.8 Å². The fourth-order valence-electron chi connectivity index (χ4n) is 1.50. The van der Waals surface area contributed by atoms with E-state index >= 15 is 0 Å². The molecule has 0 saturated heterocycles. The first-order valence-corrected chi connectivity index (χ1v) is 5.37. The number of fused-ring (bicyclic) bond motifs is 1. The highest BCUT2D eigenvalue weighted by Gasteiger charge is 2.21. The molecule has 0 atom stereocenters. The number of carbonyl (C=O) groups excluding carboxylic acids is 1. The number of hydrogen-bond donors (Lipinski definition) is 1. The van der Waals surface area contributed by atoms with Crippen LogP contribution in [0.2, 0.25) is 0 Å². The molecular formula is C12H13FN2O3. The standard InChI is InChI=1S/C12H13FN2O3/c1-12(2,3)18-11(17)15-5-4-7-9(13)8(16)6-14-10(7)15/h4-6,16H,1-3H3. The van der Waals surface area contributed by atoms with Crippen LogP contribution in [0.4, 0.5) is 9.18 Å². The van der Waals surface area contributed by atoms with Gasteiger partial charge in [-0.05, 0) is 26.8 Å². The number of hydrogen-bond acceptors (Lipinski definition) is 4. The van der Waals surface area contributed by atoms with Crippen LogP contribution in [0.25, 0.3) is 11.0 Å². The first kappa shape index (κ1) is 12.3. The zero-order valence-electron chi connectivity index (χ0n) is 10.3. The number of nitrogens with zero attached hydrogens (tertiary/aromatic N) is 2. The SMILES string of the molecule is CC(C)(C)OC(=O)n1ccc2c(F)c(O)cnc21. The van der Waals surface area contributed by atoms with E-state index in [9.17, 15) is 14.3 Å². The molecule has 96 valence electrons. The Kier molecular flexibility index (Phi) is 2.73. The van der Waals surface area contributed by atoms with Crippen LogP contribution in [0.5, 0.6) is 5.75 Å². The Morgan fingerprint density at radius 2 is 2.17 bits per heavy atom. The van der Waals surface area contributed by atoms with Gasteiger partial charge in [0.15, 0.2) is 17.2 Å². The molecule has 0 aliphatic carbocycles. The van der Waals surface area contributed by atoms with Crippen LogP contribution in [-0.2, 0) is 4.74 Å². The van der Waals surface area contributed by atoms with Crippen molar-refractivity contribution in [1.82, 2.24) is 9.55 Å². The van der Waals surface area contributed by atoms with Crippen LogP contribution in [0.1, 0.15) is 20.8 Å². The number of halogens is 1. The molecule has 6 heteroatoms. The average Bonchev–Trinajstić information content (AvgIpc) is 2.65. The van der Waals surface area contributed by atoms with E-state index in [1.807, 2.05) is 0 Å². The molecule has 2 aromatic rings. The van der Waals surface area contributed by atoms with Crippen molar-refractivity contribution in [3.63, 3.8) is 0 Å². The van der Waals surface area contributed by atoms with Gasteiger partial charge in [-0.3, -0.25) is 0 Å². The van der Waals surface area contributed by atoms with Gasteiger partial charge in [-0.15, -0.1) is 0 Å². The molecule has 0 radical (unpaired) electrons. The van der Waals surface area contributed by atoms with Gasteiger partial charge in [0.1, 0.15) is 5.60 Å². The second kappa shape index (κ2) is 3.97. The van der Waals surface area contributed by atoms with Crippen LogP contribution >= 0.6 is 0 Å². The van der Waals surface area contributed by atoms with E-state index < -0.39 is 23.3 Å². The van der Waals surface area contributed by atoms with Crippen LogP contribution in [-0.4, -0.2) is 26.4 Å². The van der Waals surface area contributed by atoms with Crippen molar-refractivity contribution in [2.75, 3.05) is 0 Å². The van der Waals surface area contributed by atoms with Crippen LogP contribution in [0.3, 0.4) is 0 Å². The molecule has 18 heavy (non-hydrogen) atoms. The van der Waals surface area contributed by atoms with Gasteiger partial charge in [0.2, 0.25) is 0 Å². The minimum absolute atomic E-state index is 0.0702. The Morgan fingerprint density at radius 1 is 1.50 bits per heavy atom. The number of ether oxygens (including phenoxy) is 1. The number of aromatic nitrogens is 2. The third-order valence-electron chi connectivity index (χ3n) is 2.22. The third-order valence-corrected chi connectivity index (χ3v) is 2.22. The summed E-state index contributed by atoms with van der Waals surface area (Å²) in [5.41, 5.74) is -0.539. The summed E-state index contributed by atoms with van der Waals surface area (Å²) in [7, 11) is 0. The van der Waals surface area contributed by atoms with E-state index in [2.05, 4.69) is 4.98 Å². The molecule has 0 aliphatic heterocycles. The van der Waals surface area contributed by atoms with Crippen LogP contribution in [0.15, 0.2) is 18.5 Å². The van der Waals surface area contributed by atoms with Crippen LogP contribution in [0, 0.1) is 5.82 Å². The van der Waals surface area contributed by atoms with Gasteiger partial charge in [-0.2, -0.15) is 0 Å². The van der Waals surface area contributed by atoms with Crippen LogP contribution < -0.4 is 0 Å². The first-order chi connectivity index (χ1) is 8.29. The highest BCUT2D eigenvalue weighted by atomic mass is 19.1. The Bertz CT molecular complexity index is 614. The highest BCUT2D eigenvalue weighted by molar-refractivity contribution is 5.87. The predicted octanol–water partition coefficient (Wildman–Crippen LogP) is 2.66. The molecule has 0 bridgehead atoms. The van der Waals surface area contributed by atoms with Crippen molar-refractivity contribution in [3.05, 3.63) is 24.3 Å². The Morgan fingerprint density at radius 3 is 2.78 bits per heavy atom. The van der Waals surface area contributed by atoms with E-state index in [1.54, 1.807) is 20.8 Å². The number of pyridine rings is 1. The predicted molar refractivity (Wildman–Crippen MR) is 63.0 cm³/mol. The smallest absolute Gasteiger partial charge is 0.420 e. The average molecular weight is 252 g/mol. The maximum Gasteiger partial charge on any atom is 0.420 e. The Balaban J connectivity index is 2.48. The Labute approximate surface area is 103 Å². The van der Waals surface area contributed by atoms with Gasteiger partial charge >= 0.3 is 6.09 Å². The van der Waals surface area contributed by atoms with Gasteiger partial charge in [0.25, 0.3) is 0 Å². The molecule has 0 aliphatic rings. The lowest BCUT2D eigenvalue weighted by Crippen LogP contribution is -2.26. The molecule has 0 amide bonds. The summed E-state index contributed by atoms with van der Waals surface area (Å²) in [5, 5.41) is 9.26. The molecule has 0 unspecified atom stereocenters. The summed E-state index contributed by atoms with van der Waals surface area (Å²) in [6, 6.07) is 1.36. The largest absolute Gasteiger partial charge is 0.504 e. The molecule has 0 spiro atoms. The first-order valence-electron chi connectivity index (χ1n) is 5.37. The summed E-state index contributed by atoms with van der Waals surface area (Å²) in [6.07, 6.45) is 1.67. The monoisotopic (exact) mass is 252 g/mol. The summed E-state index contributed by atoms with van der Waals surface area (Å²) in [4.78, 5) is 15.7. The van der Waals surface area contributed by atoms with Crippen molar-refractivity contribution >= 4 is 17.1 Å². The lowest BCUT2D eigenvalue weighted by Gasteiger charge is -2.19. The van der Waals surface area contributed by atoms with Gasteiger partial charge in [-0.1, -0.05) is 0 Å². The molecular weight excluding hydrogens is 239 g/mol. The summed E-state index contributed by atoms with van der Waals surface area (Å²) >= 11 is 0. The Hall–Kier alpha value is -2.11. The minimum Gasteiger partial charge on any atom is -0.504 e. The van der Waals surface area contributed by atoms with Gasteiger partial charge in [0, 0.05) is 6.20 Å². The molecule has 2 aromatic heterocycles. The molecule has 2 rings (SSSR count). The molecule has 2 heterocycles. The van der Waals surface area contributed by atoms with Crippen molar-refractivity contribution in [1.29, 1.82) is 0 Å². The zero-order valence-corrected chi connectivity index (χ0v) is 10.3. The zero-order chi connectivity index (χ0) is 13.5. The van der Waals surface area contributed by atoms with Crippen molar-refractivity contribution in [2.45, 2.75) is 26.4 Å². The topological polar surface area (TPSA) is 64.3 Å². The maximum atomic E-state index is 13.6. The number of carbonyl (C=O) groups is 1. The lowest BCUT2D eigenvalue weighted by molar-refractivity contribution is 0.0543. The molecule has 1 N–H and O–H groups in total. The van der Waals surface area contributed by atoms with Crippen molar-refractivity contribution in [2.24, 2.45) is 0 Å². The van der Waals surface area contributed by atoms with E-state index in [1.165, 1.54) is 12.3 Å². The van der Waals surface area contributed by atoms with Crippen molar-refractivity contribution in [3.8, 4) is 5.75 Å². The fraction of sp³-hybridized carbons (Fsp3) is 0.333.